The van der Waals surface area contributed by atoms with Gasteiger partial charge in [-0.3, -0.25) is 14.5 Å². The molecule has 3 N–H and O–H groups in total. The van der Waals surface area contributed by atoms with E-state index in [1.54, 1.807) is 24.5 Å². The summed E-state index contributed by atoms with van der Waals surface area (Å²) in [7, 11) is 1.53. The Hall–Kier alpha value is -2.25. The van der Waals surface area contributed by atoms with Crippen LogP contribution in [0.1, 0.15) is 28.4 Å². The highest BCUT2D eigenvalue weighted by atomic mass is 32.2. The number of nitrogens with two attached hydrogens (primary N) is 1. The highest BCUT2D eigenvalue weighted by Gasteiger charge is 2.23. The molecular weight excluding hydrogens is 314 g/mol. The second-order valence-electron chi connectivity index (χ2n) is 5.05. The molecule has 0 fully saturated rings. The van der Waals surface area contributed by atoms with Gasteiger partial charge in [0.05, 0.1) is 19.3 Å². The molecule has 3 rings (SSSR count). The summed E-state index contributed by atoms with van der Waals surface area (Å²) in [6, 6.07) is 7.01. The monoisotopic (exact) mass is 331 g/mol. The standard InChI is InChI=1S/C16H17N3O3S/c1-21-14-8-11-13(17)4-7-22-15(11)9-12(14)16(20)19-23-10-2-5-18-6-3-10/h2-3,5-6,8-9,13H,4,7,17H2,1H3,(H,19,20)/t13-/m0/s1. The van der Waals surface area contributed by atoms with E-state index in [2.05, 4.69) is 9.71 Å². The zero-order valence-corrected chi connectivity index (χ0v) is 13.4. The number of fused-ring (bicyclic) bond motifs is 1. The van der Waals surface area contributed by atoms with E-state index in [4.69, 9.17) is 15.2 Å². The predicted molar refractivity (Wildman–Crippen MR) is 87.6 cm³/mol. The van der Waals surface area contributed by atoms with Crippen molar-refractivity contribution in [1.82, 2.24) is 9.71 Å². The van der Waals surface area contributed by atoms with E-state index in [0.29, 0.717) is 23.7 Å². The molecule has 6 nitrogen and oxygen atoms in total. The summed E-state index contributed by atoms with van der Waals surface area (Å²) < 4.78 is 13.7. The molecule has 1 aromatic heterocycles. The number of carbonyl (C=O) groups is 1. The predicted octanol–water partition coefficient (Wildman–Crippen LogP) is 2.31. The van der Waals surface area contributed by atoms with Crippen molar-refractivity contribution in [2.24, 2.45) is 5.73 Å². The summed E-state index contributed by atoms with van der Waals surface area (Å²) in [6.45, 7) is 0.549. The van der Waals surface area contributed by atoms with Crippen LogP contribution < -0.4 is 19.9 Å². The average Bonchev–Trinajstić information content (AvgIpc) is 2.60. The summed E-state index contributed by atoms with van der Waals surface area (Å²) in [5, 5.41) is 0. The molecule has 2 heterocycles. The van der Waals surface area contributed by atoms with Crippen LogP contribution in [-0.4, -0.2) is 24.6 Å². The number of aromatic nitrogens is 1. The van der Waals surface area contributed by atoms with E-state index in [-0.39, 0.29) is 11.9 Å². The van der Waals surface area contributed by atoms with Crippen molar-refractivity contribution in [2.75, 3.05) is 13.7 Å². The average molecular weight is 331 g/mol. The molecule has 1 atom stereocenters. The van der Waals surface area contributed by atoms with E-state index in [1.807, 2.05) is 12.1 Å². The Morgan fingerprint density at radius 1 is 1.43 bits per heavy atom. The van der Waals surface area contributed by atoms with Crippen LogP contribution in [0.5, 0.6) is 11.5 Å². The van der Waals surface area contributed by atoms with E-state index in [1.165, 1.54) is 19.1 Å². The van der Waals surface area contributed by atoms with Gasteiger partial charge in [-0.05, 0) is 36.2 Å². The topological polar surface area (TPSA) is 86.5 Å². The highest BCUT2D eigenvalue weighted by Crippen LogP contribution is 2.36. The van der Waals surface area contributed by atoms with E-state index >= 15 is 0 Å². The Morgan fingerprint density at radius 2 is 2.22 bits per heavy atom. The summed E-state index contributed by atoms with van der Waals surface area (Å²) >= 11 is 1.22. The second-order valence-corrected chi connectivity index (χ2v) is 5.93. The van der Waals surface area contributed by atoms with Gasteiger partial charge in [0, 0.05) is 35.3 Å². The maximum atomic E-state index is 12.5. The third-order valence-electron chi connectivity index (χ3n) is 3.57. The van der Waals surface area contributed by atoms with Gasteiger partial charge in [0.1, 0.15) is 11.5 Å². The van der Waals surface area contributed by atoms with E-state index in [9.17, 15) is 4.79 Å². The van der Waals surface area contributed by atoms with Crippen molar-refractivity contribution in [3.05, 3.63) is 47.8 Å². The first-order chi connectivity index (χ1) is 11.2. The van der Waals surface area contributed by atoms with Crippen LogP contribution in [0.3, 0.4) is 0 Å². The molecular formula is C16H17N3O3S. The zero-order valence-electron chi connectivity index (χ0n) is 12.6. The molecule has 0 saturated heterocycles. The van der Waals surface area contributed by atoms with E-state index < -0.39 is 0 Å². The number of carbonyl (C=O) groups excluding carboxylic acids is 1. The number of nitrogens with one attached hydrogen (secondary N) is 1. The minimum atomic E-state index is -0.255. The van der Waals surface area contributed by atoms with Crippen LogP contribution in [0.25, 0.3) is 0 Å². The third kappa shape index (κ3) is 3.40. The lowest BCUT2D eigenvalue weighted by Gasteiger charge is -2.24. The molecule has 0 unspecified atom stereocenters. The van der Waals surface area contributed by atoms with Crippen molar-refractivity contribution in [3.63, 3.8) is 0 Å². The van der Waals surface area contributed by atoms with Crippen LogP contribution in [0.4, 0.5) is 0 Å². The van der Waals surface area contributed by atoms with Gasteiger partial charge in [0.2, 0.25) is 0 Å². The molecule has 0 saturated carbocycles. The number of amides is 1. The second kappa shape index (κ2) is 6.89. The van der Waals surface area contributed by atoms with Gasteiger partial charge in [-0.15, -0.1) is 0 Å². The third-order valence-corrected chi connectivity index (χ3v) is 4.37. The summed E-state index contributed by atoms with van der Waals surface area (Å²) in [5.74, 6) is 0.871. The normalized spacial score (nSPS) is 16.2. The first-order valence-electron chi connectivity index (χ1n) is 7.16. The molecule has 1 amide bonds. The van der Waals surface area contributed by atoms with Gasteiger partial charge in [-0.2, -0.15) is 0 Å². The number of nitrogens with zero attached hydrogens (tertiary/aromatic N) is 1. The number of rotatable bonds is 4. The fourth-order valence-corrected chi connectivity index (χ4v) is 2.93. The maximum absolute atomic E-state index is 12.5. The maximum Gasteiger partial charge on any atom is 0.265 e. The molecule has 0 radical (unpaired) electrons. The van der Waals surface area contributed by atoms with Crippen molar-refractivity contribution in [3.8, 4) is 11.5 Å². The SMILES string of the molecule is COc1cc2c(cc1C(=O)NSc1ccncc1)OCC[C@@H]2N. The lowest BCUT2D eigenvalue weighted by molar-refractivity contribution is 0.0980. The Balaban J connectivity index is 1.82. The molecule has 1 aliphatic heterocycles. The van der Waals surface area contributed by atoms with Crippen molar-refractivity contribution in [2.45, 2.75) is 17.4 Å². The summed E-state index contributed by atoms with van der Waals surface area (Å²) in [5.41, 5.74) is 7.37. The van der Waals surface area contributed by atoms with E-state index in [0.717, 1.165) is 16.9 Å². The minimum absolute atomic E-state index is 0.101. The number of hydrogen-bond donors (Lipinski definition) is 2. The molecule has 120 valence electrons. The highest BCUT2D eigenvalue weighted by molar-refractivity contribution is 7.98. The molecule has 1 aromatic carbocycles. The first kappa shape index (κ1) is 15.6. The number of hydrogen-bond acceptors (Lipinski definition) is 6. The summed E-state index contributed by atoms with van der Waals surface area (Å²) in [4.78, 5) is 17.3. The van der Waals surface area contributed by atoms with Gasteiger partial charge in [0.15, 0.2) is 0 Å². The molecule has 2 aromatic rings. The minimum Gasteiger partial charge on any atom is -0.496 e. The van der Waals surface area contributed by atoms with Crippen LogP contribution in [0.15, 0.2) is 41.6 Å². The van der Waals surface area contributed by atoms with Gasteiger partial charge in [-0.1, -0.05) is 0 Å². The van der Waals surface area contributed by atoms with Crippen molar-refractivity contribution >= 4 is 17.9 Å². The van der Waals surface area contributed by atoms with Gasteiger partial charge in [0.25, 0.3) is 5.91 Å². The number of pyridine rings is 1. The number of methoxy groups -OCH3 is 1. The lowest BCUT2D eigenvalue weighted by Crippen LogP contribution is -2.22. The van der Waals surface area contributed by atoms with Crippen molar-refractivity contribution < 1.29 is 14.3 Å². The fraction of sp³-hybridized carbons (Fsp3) is 0.250. The number of ether oxygens (including phenoxy) is 2. The number of benzene rings is 1. The van der Waals surface area contributed by atoms with Gasteiger partial charge < -0.3 is 15.2 Å². The molecule has 1 aliphatic rings. The molecule has 0 bridgehead atoms. The fourth-order valence-electron chi connectivity index (χ4n) is 2.35. The molecule has 0 spiro atoms. The Kier molecular flexibility index (Phi) is 4.68. The Morgan fingerprint density at radius 3 is 2.96 bits per heavy atom. The van der Waals surface area contributed by atoms with Gasteiger partial charge in [-0.25, -0.2) is 0 Å². The Bertz CT molecular complexity index is 709. The zero-order chi connectivity index (χ0) is 16.2. The van der Waals surface area contributed by atoms with Crippen molar-refractivity contribution in [1.29, 1.82) is 0 Å². The molecule has 0 aliphatic carbocycles. The van der Waals surface area contributed by atoms with Crippen LogP contribution in [0.2, 0.25) is 0 Å². The van der Waals surface area contributed by atoms with Crippen LogP contribution in [-0.2, 0) is 0 Å². The molecule has 7 heteroatoms. The Labute approximate surface area is 138 Å². The van der Waals surface area contributed by atoms with Crippen LogP contribution in [0, 0.1) is 0 Å². The first-order valence-corrected chi connectivity index (χ1v) is 7.98. The van der Waals surface area contributed by atoms with Crippen LogP contribution >= 0.6 is 11.9 Å². The summed E-state index contributed by atoms with van der Waals surface area (Å²) in [6.07, 6.45) is 4.09. The smallest absolute Gasteiger partial charge is 0.265 e. The molecule has 23 heavy (non-hydrogen) atoms. The largest absolute Gasteiger partial charge is 0.496 e. The quantitative estimate of drug-likeness (QED) is 0.836. The lowest BCUT2D eigenvalue weighted by atomic mass is 9.98. The van der Waals surface area contributed by atoms with Gasteiger partial charge >= 0.3 is 0 Å².